The third kappa shape index (κ3) is 2.32. The fourth-order valence-electron chi connectivity index (χ4n) is 2.59. The average Bonchev–Trinajstić information content (AvgIpc) is 3.08. The molecule has 5 nitrogen and oxygen atoms in total. The summed E-state index contributed by atoms with van der Waals surface area (Å²) in [6, 6.07) is 1.86. The van der Waals surface area contributed by atoms with Crippen molar-refractivity contribution in [3.05, 3.63) is 22.8 Å². The second kappa shape index (κ2) is 4.72. The summed E-state index contributed by atoms with van der Waals surface area (Å²) in [5.74, 6) is 0.809. The molecule has 1 saturated carbocycles. The van der Waals surface area contributed by atoms with Crippen molar-refractivity contribution in [2.75, 3.05) is 6.54 Å². The van der Waals surface area contributed by atoms with Crippen LogP contribution >= 0.6 is 0 Å². The van der Waals surface area contributed by atoms with Gasteiger partial charge in [0.15, 0.2) is 0 Å². The number of ether oxygens (including phenoxy) is 1. The number of benzene rings is 1. The predicted octanol–water partition coefficient (Wildman–Crippen LogP) is 1.01. The Bertz CT molecular complexity index is 651. The first-order valence-electron chi connectivity index (χ1n) is 6.94. The molecular formula is C14H20N2O3S. The molecule has 0 saturated heterocycles. The van der Waals surface area contributed by atoms with Gasteiger partial charge in [0.1, 0.15) is 11.9 Å². The Labute approximate surface area is 119 Å². The summed E-state index contributed by atoms with van der Waals surface area (Å²) in [4.78, 5) is 0.377. The largest absolute Gasteiger partial charge is 0.488 e. The maximum atomic E-state index is 12.4. The standard InChI is InChI=1S/C14H20N2O3S/c1-8-9(2)14-10(5-12(7-15)19-14)6-13(8)20(17,18)16-11-3-4-11/h6,11-12,16H,3-5,7,15H2,1-2H3. The van der Waals surface area contributed by atoms with Gasteiger partial charge >= 0.3 is 0 Å². The maximum absolute atomic E-state index is 12.4. The molecule has 6 heteroatoms. The van der Waals surface area contributed by atoms with E-state index in [9.17, 15) is 8.42 Å². The molecule has 20 heavy (non-hydrogen) atoms. The summed E-state index contributed by atoms with van der Waals surface area (Å²) in [5.41, 5.74) is 8.24. The summed E-state index contributed by atoms with van der Waals surface area (Å²) in [5, 5.41) is 0. The molecule has 1 aromatic rings. The van der Waals surface area contributed by atoms with E-state index in [0.29, 0.717) is 17.9 Å². The van der Waals surface area contributed by atoms with Crippen LogP contribution in [-0.4, -0.2) is 27.1 Å². The summed E-state index contributed by atoms with van der Waals surface area (Å²) < 4.78 is 33.4. The lowest BCUT2D eigenvalue weighted by atomic mass is 10.0. The minimum Gasteiger partial charge on any atom is -0.488 e. The van der Waals surface area contributed by atoms with Gasteiger partial charge in [-0.3, -0.25) is 0 Å². The topological polar surface area (TPSA) is 81.4 Å². The molecule has 110 valence electrons. The van der Waals surface area contributed by atoms with Crippen LogP contribution in [-0.2, 0) is 16.4 Å². The highest BCUT2D eigenvalue weighted by atomic mass is 32.2. The van der Waals surface area contributed by atoms with Gasteiger partial charge in [-0.05, 0) is 49.4 Å². The van der Waals surface area contributed by atoms with E-state index >= 15 is 0 Å². The molecule has 2 aliphatic rings. The van der Waals surface area contributed by atoms with Crippen molar-refractivity contribution in [3.8, 4) is 5.75 Å². The first-order valence-corrected chi connectivity index (χ1v) is 8.43. The number of rotatable bonds is 4. The molecule has 3 N–H and O–H groups in total. The number of fused-ring (bicyclic) bond motifs is 1. The fraction of sp³-hybridized carbons (Fsp3) is 0.571. The van der Waals surface area contributed by atoms with Crippen molar-refractivity contribution in [1.82, 2.24) is 4.72 Å². The first-order chi connectivity index (χ1) is 9.42. The van der Waals surface area contributed by atoms with E-state index in [1.54, 1.807) is 6.07 Å². The number of hydrogen-bond acceptors (Lipinski definition) is 4. The van der Waals surface area contributed by atoms with Crippen LogP contribution in [0.2, 0.25) is 0 Å². The lowest BCUT2D eigenvalue weighted by molar-refractivity contribution is 0.240. The smallest absolute Gasteiger partial charge is 0.241 e. The van der Waals surface area contributed by atoms with E-state index in [1.165, 1.54) is 0 Å². The molecule has 1 heterocycles. The summed E-state index contributed by atoms with van der Waals surface area (Å²) >= 11 is 0. The second-order valence-electron chi connectivity index (χ2n) is 5.69. The van der Waals surface area contributed by atoms with Crippen molar-refractivity contribution in [2.45, 2.75) is 50.2 Å². The van der Waals surface area contributed by atoms with Gasteiger partial charge in [-0.1, -0.05) is 0 Å². The Morgan fingerprint density at radius 2 is 2.05 bits per heavy atom. The monoisotopic (exact) mass is 296 g/mol. The number of sulfonamides is 1. The Hall–Kier alpha value is -1.11. The molecule has 0 amide bonds. The molecule has 0 radical (unpaired) electrons. The average molecular weight is 296 g/mol. The molecular weight excluding hydrogens is 276 g/mol. The number of hydrogen-bond donors (Lipinski definition) is 2. The van der Waals surface area contributed by atoms with Gasteiger partial charge in [0.05, 0.1) is 4.90 Å². The zero-order valence-corrected chi connectivity index (χ0v) is 12.6. The van der Waals surface area contributed by atoms with Gasteiger partial charge in [0.25, 0.3) is 0 Å². The molecule has 0 bridgehead atoms. The molecule has 3 rings (SSSR count). The lowest BCUT2D eigenvalue weighted by Crippen LogP contribution is -2.26. The van der Waals surface area contributed by atoms with Crippen LogP contribution in [0.4, 0.5) is 0 Å². The van der Waals surface area contributed by atoms with Gasteiger partial charge in [-0.2, -0.15) is 0 Å². The SMILES string of the molecule is Cc1c(S(=O)(=O)NC2CC2)cc2c(c1C)OC(CN)C2. The molecule has 1 fully saturated rings. The second-order valence-corrected chi connectivity index (χ2v) is 7.37. The van der Waals surface area contributed by atoms with Crippen LogP contribution in [0.25, 0.3) is 0 Å². The summed E-state index contributed by atoms with van der Waals surface area (Å²) in [6.45, 7) is 4.18. The molecule has 1 aromatic carbocycles. The lowest BCUT2D eigenvalue weighted by Gasteiger charge is -2.14. The van der Waals surface area contributed by atoms with E-state index in [-0.39, 0.29) is 12.1 Å². The predicted molar refractivity (Wildman–Crippen MR) is 76.4 cm³/mol. The van der Waals surface area contributed by atoms with Crippen LogP contribution < -0.4 is 15.2 Å². The van der Waals surface area contributed by atoms with E-state index in [1.807, 2.05) is 13.8 Å². The Morgan fingerprint density at radius 1 is 1.35 bits per heavy atom. The van der Waals surface area contributed by atoms with Gasteiger partial charge in [0, 0.05) is 19.0 Å². The van der Waals surface area contributed by atoms with Crippen LogP contribution in [0.15, 0.2) is 11.0 Å². The van der Waals surface area contributed by atoms with Gasteiger partial charge in [-0.15, -0.1) is 0 Å². The van der Waals surface area contributed by atoms with Crippen LogP contribution in [0, 0.1) is 13.8 Å². The van der Waals surface area contributed by atoms with Crippen molar-refractivity contribution >= 4 is 10.0 Å². The Kier molecular flexibility index (Phi) is 3.27. The van der Waals surface area contributed by atoms with Gasteiger partial charge in [0.2, 0.25) is 10.0 Å². The van der Waals surface area contributed by atoms with Crippen LogP contribution in [0.5, 0.6) is 5.75 Å². The van der Waals surface area contributed by atoms with Crippen LogP contribution in [0.3, 0.4) is 0 Å². The third-order valence-electron chi connectivity index (χ3n) is 4.05. The Balaban J connectivity index is 2.03. The van der Waals surface area contributed by atoms with E-state index < -0.39 is 10.0 Å². The Morgan fingerprint density at radius 3 is 2.65 bits per heavy atom. The normalized spacial score (nSPS) is 21.6. The van der Waals surface area contributed by atoms with Crippen molar-refractivity contribution in [3.63, 3.8) is 0 Å². The van der Waals surface area contributed by atoms with Gasteiger partial charge in [-0.25, -0.2) is 13.1 Å². The summed E-state index contributed by atoms with van der Waals surface area (Å²) in [6.07, 6.45) is 2.50. The zero-order valence-electron chi connectivity index (χ0n) is 11.8. The highest BCUT2D eigenvalue weighted by Gasteiger charge is 2.32. The van der Waals surface area contributed by atoms with Gasteiger partial charge < -0.3 is 10.5 Å². The fourth-order valence-corrected chi connectivity index (χ4v) is 4.25. The highest BCUT2D eigenvalue weighted by molar-refractivity contribution is 7.89. The first kappa shape index (κ1) is 13.9. The van der Waals surface area contributed by atoms with E-state index in [0.717, 1.165) is 35.3 Å². The molecule has 1 aliphatic carbocycles. The highest BCUT2D eigenvalue weighted by Crippen LogP contribution is 2.37. The zero-order chi connectivity index (χ0) is 14.5. The number of nitrogens with one attached hydrogen (secondary N) is 1. The van der Waals surface area contributed by atoms with E-state index in [4.69, 9.17) is 10.5 Å². The van der Waals surface area contributed by atoms with Crippen molar-refractivity contribution in [1.29, 1.82) is 0 Å². The third-order valence-corrected chi connectivity index (χ3v) is 5.70. The molecule has 0 spiro atoms. The molecule has 1 atom stereocenters. The van der Waals surface area contributed by atoms with Crippen molar-refractivity contribution in [2.24, 2.45) is 5.73 Å². The van der Waals surface area contributed by atoms with Crippen LogP contribution in [0.1, 0.15) is 29.5 Å². The maximum Gasteiger partial charge on any atom is 0.241 e. The molecule has 1 unspecified atom stereocenters. The summed E-state index contributed by atoms with van der Waals surface area (Å²) in [7, 11) is -3.43. The quantitative estimate of drug-likeness (QED) is 0.868. The van der Waals surface area contributed by atoms with E-state index in [2.05, 4.69) is 4.72 Å². The minimum absolute atomic E-state index is 0.0440. The molecule has 1 aliphatic heterocycles. The molecule has 0 aromatic heterocycles. The number of nitrogens with two attached hydrogens (primary N) is 1. The minimum atomic E-state index is -3.43. The van der Waals surface area contributed by atoms with Crippen molar-refractivity contribution < 1.29 is 13.2 Å².